The average Bonchev–Trinajstić information content (AvgIpc) is 2.75. The van der Waals surface area contributed by atoms with Crippen molar-refractivity contribution < 1.29 is 23.8 Å². The van der Waals surface area contributed by atoms with E-state index in [4.69, 9.17) is 14.2 Å². The minimum atomic E-state index is -0.534. The van der Waals surface area contributed by atoms with E-state index in [1.54, 1.807) is 30.3 Å². The van der Waals surface area contributed by atoms with Crippen molar-refractivity contribution in [2.75, 3.05) is 25.6 Å². The Labute approximate surface area is 182 Å². The molecule has 8 heteroatoms. The molecule has 0 aromatic heterocycles. The van der Waals surface area contributed by atoms with Crippen LogP contribution in [0.3, 0.4) is 0 Å². The zero-order valence-corrected chi connectivity index (χ0v) is 18.1. The first-order chi connectivity index (χ1) is 15.1. The molecule has 2 amide bonds. The number of rotatable bonds is 12. The Hall–Kier alpha value is -3.55. The number of nitrogens with one attached hydrogen (secondary N) is 2. The van der Waals surface area contributed by atoms with Crippen LogP contribution in [0.15, 0.2) is 47.6 Å². The van der Waals surface area contributed by atoms with Gasteiger partial charge in [-0.2, -0.15) is 5.10 Å². The molecule has 2 aromatic carbocycles. The molecule has 0 saturated carbocycles. The molecule has 8 nitrogen and oxygen atoms in total. The van der Waals surface area contributed by atoms with Crippen LogP contribution < -0.4 is 25.0 Å². The van der Waals surface area contributed by atoms with Crippen LogP contribution in [0.5, 0.6) is 17.2 Å². The maximum absolute atomic E-state index is 12.1. The van der Waals surface area contributed by atoms with Gasteiger partial charge in [-0.1, -0.05) is 25.5 Å². The average molecular weight is 428 g/mol. The molecule has 0 bridgehead atoms. The monoisotopic (exact) mass is 427 g/mol. The van der Waals surface area contributed by atoms with Gasteiger partial charge in [0.1, 0.15) is 12.2 Å². The zero-order valence-electron chi connectivity index (χ0n) is 18.1. The van der Waals surface area contributed by atoms with E-state index < -0.39 is 11.8 Å². The van der Waals surface area contributed by atoms with Gasteiger partial charge < -0.3 is 19.5 Å². The Balaban J connectivity index is 1.89. The number of hydrogen-bond acceptors (Lipinski definition) is 6. The number of carbonyl (C=O) groups excluding carboxylic acids is 2. The van der Waals surface area contributed by atoms with Gasteiger partial charge in [-0.15, -0.1) is 0 Å². The quantitative estimate of drug-likeness (QED) is 0.233. The molecule has 31 heavy (non-hydrogen) atoms. The Morgan fingerprint density at radius 3 is 2.55 bits per heavy atom. The lowest BCUT2D eigenvalue weighted by atomic mass is 10.2. The molecule has 0 radical (unpaired) electrons. The molecule has 0 unspecified atom stereocenters. The van der Waals surface area contributed by atoms with Gasteiger partial charge in [-0.05, 0) is 49.2 Å². The fraction of sp³-hybridized carbons (Fsp3) is 0.348. The minimum absolute atomic E-state index is 0.371. The molecule has 0 saturated heterocycles. The van der Waals surface area contributed by atoms with Crippen LogP contribution in [0.4, 0.5) is 5.69 Å². The van der Waals surface area contributed by atoms with Gasteiger partial charge in [0.05, 0.1) is 32.2 Å². The molecule has 2 aromatic rings. The highest BCUT2D eigenvalue weighted by Gasteiger charge is 2.11. The lowest BCUT2D eigenvalue weighted by molar-refractivity contribution is -0.126. The number of hydrazone groups is 1. The van der Waals surface area contributed by atoms with Crippen molar-refractivity contribution in [1.29, 1.82) is 0 Å². The van der Waals surface area contributed by atoms with Crippen LogP contribution in [0.1, 0.15) is 38.7 Å². The molecule has 2 rings (SSSR count). The molecule has 0 aliphatic carbocycles. The van der Waals surface area contributed by atoms with Crippen molar-refractivity contribution in [3.8, 4) is 17.2 Å². The van der Waals surface area contributed by atoms with Crippen molar-refractivity contribution in [3.63, 3.8) is 0 Å². The summed E-state index contributed by atoms with van der Waals surface area (Å²) in [6.45, 7) is 5.12. The predicted octanol–water partition coefficient (Wildman–Crippen LogP) is 3.75. The summed E-state index contributed by atoms with van der Waals surface area (Å²) in [4.78, 5) is 24.1. The molecule has 0 heterocycles. The van der Waals surface area contributed by atoms with Crippen LogP contribution in [0.25, 0.3) is 0 Å². The number of methoxy groups -OCH3 is 1. The molecule has 166 valence electrons. The van der Waals surface area contributed by atoms with E-state index in [1.165, 1.54) is 13.3 Å². The lowest BCUT2D eigenvalue weighted by Gasteiger charge is -2.12. The standard InChI is InChI=1S/C23H29N3O5/c1-4-6-13-31-20-12-11-17(14-21(20)30-5-2)16-24-26-23(28)15-22(27)25-18-9-7-8-10-19(18)29-3/h7-12,14,16H,4-6,13,15H2,1-3H3,(H,25,27)(H,26,28). The summed E-state index contributed by atoms with van der Waals surface area (Å²) in [5, 5.41) is 6.56. The topological polar surface area (TPSA) is 98.2 Å². The third-order valence-corrected chi connectivity index (χ3v) is 4.13. The van der Waals surface area contributed by atoms with Gasteiger partial charge in [-0.25, -0.2) is 5.43 Å². The number of anilines is 1. The molecule has 2 N–H and O–H groups in total. The number of para-hydroxylation sites is 2. The summed E-state index contributed by atoms with van der Waals surface area (Å²) < 4.78 is 16.5. The minimum Gasteiger partial charge on any atom is -0.495 e. The molecule has 0 spiro atoms. The Morgan fingerprint density at radius 2 is 1.81 bits per heavy atom. The smallest absolute Gasteiger partial charge is 0.249 e. The largest absolute Gasteiger partial charge is 0.495 e. The first kappa shape index (κ1) is 23.7. The zero-order chi connectivity index (χ0) is 22.5. The third-order valence-electron chi connectivity index (χ3n) is 4.13. The molecule has 0 aliphatic rings. The van der Waals surface area contributed by atoms with Crippen molar-refractivity contribution >= 4 is 23.7 Å². The number of hydrogen-bond donors (Lipinski definition) is 2. The Morgan fingerprint density at radius 1 is 1.00 bits per heavy atom. The molecular weight excluding hydrogens is 398 g/mol. The summed E-state index contributed by atoms with van der Waals surface area (Å²) in [6.07, 6.45) is 3.12. The fourth-order valence-electron chi connectivity index (χ4n) is 2.63. The van der Waals surface area contributed by atoms with Crippen molar-refractivity contribution in [3.05, 3.63) is 48.0 Å². The van der Waals surface area contributed by atoms with Crippen molar-refractivity contribution in [2.24, 2.45) is 5.10 Å². The summed E-state index contributed by atoms with van der Waals surface area (Å²) in [7, 11) is 1.51. The van der Waals surface area contributed by atoms with Crippen LogP contribution in [0, 0.1) is 0 Å². The van der Waals surface area contributed by atoms with Crippen molar-refractivity contribution in [1.82, 2.24) is 5.43 Å². The normalized spacial score (nSPS) is 10.5. The predicted molar refractivity (Wildman–Crippen MR) is 120 cm³/mol. The molecule has 0 atom stereocenters. The Kier molecular flexibility index (Phi) is 9.87. The van der Waals surface area contributed by atoms with E-state index in [1.807, 2.05) is 19.1 Å². The van der Waals surface area contributed by atoms with E-state index in [0.29, 0.717) is 36.1 Å². The second-order valence-electron chi connectivity index (χ2n) is 6.56. The van der Waals surface area contributed by atoms with Gasteiger partial charge in [-0.3, -0.25) is 9.59 Å². The van der Waals surface area contributed by atoms with Crippen LogP contribution in [-0.4, -0.2) is 38.4 Å². The SMILES string of the molecule is CCCCOc1ccc(C=NNC(=O)CC(=O)Nc2ccccc2OC)cc1OCC. The summed E-state index contributed by atoms with van der Waals surface area (Å²) in [5.41, 5.74) is 3.57. The van der Waals surface area contributed by atoms with E-state index in [0.717, 1.165) is 18.4 Å². The highest BCUT2D eigenvalue weighted by atomic mass is 16.5. The first-order valence-electron chi connectivity index (χ1n) is 10.2. The van der Waals surface area contributed by atoms with Crippen molar-refractivity contribution in [2.45, 2.75) is 33.1 Å². The maximum Gasteiger partial charge on any atom is 0.249 e. The van der Waals surface area contributed by atoms with Crippen LogP contribution >= 0.6 is 0 Å². The summed E-state index contributed by atoms with van der Waals surface area (Å²) in [5.74, 6) is 0.800. The number of unbranched alkanes of at least 4 members (excludes halogenated alkanes) is 1. The Bertz CT molecular complexity index is 899. The van der Waals surface area contributed by atoms with Gasteiger partial charge >= 0.3 is 0 Å². The van der Waals surface area contributed by atoms with Gasteiger partial charge in [0.2, 0.25) is 11.8 Å². The number of ether oxygens (including phenoxy) is 3. The third kappa shape index (κ3) is 8.00. The van der Waals surface area contributed by atoms with E-state index in [9.17, 15) is 9.59 Å². The number of amides is 2. The second-order valence-corrected chi connectivity index (χ2v) is 6.56. The van der Waals surface area contributed by atoms with Gasteiger partial charge in [0.15, 0.2) is 11.5 Å². The molecular formula is C23H29N3O5. The molecule has 0 fully saturated rings. The molecule has 0 aliphatic heterocycles. The second kappa shape index (κ2) is 12.9. The number of nitrogens with zero attached hydrogens (tertiary/aromatic N) is 1. The summed E-state index contributed by atoms with van der Waals surface area (Å²) >= 11 is 0. The number of carbonyl (C=O) groups is 2. The summed E-state index contributed by atoms with van der Waals surface area (Å²) in [6, 6.07) is 12.4. The highest BCUT2D eigenvalue weighted by molar-refractivity contribution is 6.04. The fourth-order valence-corrected chi connectivity index (χ4v) is 2.63. The van der Waals surface area contributed by atoms with E-state index >= 15 is 0 Å². The van der Waals surface area contributed by atoms with Gasteiger partial charge in [0, 0.05) is 0 Å². The van der Waals surface area contributed by atoms with E-state index in [-0.39, 0.29) is 6.42 Å². The van der Waals surface area contributed by atoms with Crippen LogP contribution in [0.2, 0.25) is 0 Å². The number of benzene rings is 2. The maximum atomic E-state index is 12.1. The van der Waals surface area contributed by atoms with Gasteiger partial charge in [0.25, 0.3) is 0 Å². The first-order valence-corrected chi connectivity index (χ1v) is 10.2. The lowest BCUT2D eigenvalue weighted by Crippen LogP contribution is -2.24. The highest BCUT2D eigenvalue weighted by Crippen LogP contribution is 2.28. The van der Waals surface area contributed by atoms with Crippen LogP contribution in [-0.2, 0) is 9.59 Å². The van der Waals surface area contributed by atoms with E-state index in [2.05, 4.69) is 22.8 Å².